The van der Waals surface area contributed by atoms with E-state index >= 15 is 0 Å². The number of rotatable bonds is 6. The molecule has 1 rings (SSSR count). The van der Waals surface area contributed by atoms with Crippen LogP contribution in [0.25, 0.3) is 0 Å². The number of nitrogens with one attached hydrogen (secondary N) is 1. The second kappa shape index (κ2) is 6.86. The van der Waals surface area contributed by atoms with Crippen molar-refractivity contribution in [3.63, 3.8) is 0 Å². The number of aldehydes is 1. The van der Waals surface area contributed by atoms with E-state index < -0.39 is 12.2 Å². The Morgan fingerprint density at radius 1 is 1.42 bits per heavy atom. The predicted octanol–water partition coefficient (Wildman–Crippen LogP) is 0.125. The van der Waals surface area contributed by atoms with Crippen LogP contribution in [-0.4, -0.2) is 40.2 Å². The zero-order chi connectivity index (χ0) is 14.4. The summed E-state index contributed by atoms with van der Waals surface area (Å²) in [7, 11) is 0. The summed E-state index contributed by atoms with van der Waals surface area (Å²) in [5, 5.41) is 31.7. The molecule has 0 saturated heterocycles. The summed E-state index contributed by atoms with van der Waals surface area (Å²) in [5.41, 5.74) is 0.110. The van der Waals surface area contributed by atoms with Gasteiger partial charge in [-0.2, -0.15) is 0 Å². The molecule has 0 fully saturated rings. The summed E-state index contributed by atoms with van der Waals surface area (Å²) in [4.78, 5) is 21.5. The highest BCUT2D eigenvalue weighted by Crippen LogP contribution is 2.27. The molecule has 1 amide bonds. The van der Waals surface area contributed by atoms with Crippen molar-refractivity contribution in [2.24, 2.45) is 0 Å². The number of aliphatic hydroxyl groups is 2. The van der Waals surface area contributed by atoms with Gasteiger partial charge in [-0.15, -0.1) is 0 Å². The third-order valence-corrected chi connectivity index (χ3v) is 2.73. The van der Waals surface area contributed by atoms with Gasteiger partial charge in [-0.25, -0.2) is 0 Å². The number of phenolic OH excluding ortho intramolecular Hbond substituents is 1. The first-order valence-electron chi connectivity index (χ1n) is 5.85. The Kier molecular flexibility index (Phi) is 5.47. The van der Waals surface area contributed by atoms with Crippen LogP contribution in [0, 0.1) is 0 Å². The molecule has 0 aromatic heterocycles. The van der Waals surface area contributed by atoms with Crippen molar-refractivity contribution < 1.29 is 24.9 Å². The van der Waals surface area contributed by atoms with Gasteiger partial charge < -0.3 is 20.6 Å². The molecule has 0 spiro atoms. The predicted molar refractivity (Wildman–Crippen MR) is 67.8 cm³/mol. The van der Waals surface area contributed by atoms with E-state index in [2.05, 4.69) is 5.32 Å². The highest BCUT2D eigenvalue weighted by atomic mass is 16.3. The Labute approximate surface area is 110 Å². The van der Waals surface area contributed by atoms with Crippen molar-refractivity contribution in [2.45, 2.75) is 25.6 Å². The monoisotopic (exact) mass is 267 g/mol. The maximum atomic E-state index is 10.9. The van der Waals surface area contributed by atoms with Gasteiger partial charge in [-0.3, -0.25) is 9.59 Å². The molecule has 2 unspecified atom stereocenters. The average Bonchev–Trinajstić information content (AvgIpc) is 2.37. The standard InChI is InChI=1S/C13H17NO5/c1-8(16)14-6-5-12(18)13(19)9-3-2-4-11(17)10(9)7-15/h2-4,7,12-13,17-19H,5-6H2,1H3,(H,14,16). The zero-order valence-electron chi connectivity index (χ0n) is 10.5. The molecule has 2 atom stereocenters. The number of hydrogen-bond donors (Lipinski definition) is 4. The number of aromatic hydroxyl groups is 1. The van der Waals surface area contributed by atoms with Gasteiger partial charge in [0.15, 0.2) is 6.29 Å². The van der Waals surface area contributed by atoms with Crippen LogP contribution in [-0.2, 0) is 4.79 Å². The molecule has 19 heavy (non-hydrogen) atoms. The zero-order valence-corrected chi connectivity index (χ0v) is 10.5. The summed E-state index contributed by atoms with van der Waals surface area (Å²) in [5.74, 6) is -0.478. The Morgan fingerprint density at radius 2 is 2.11 bits per heavy atom. The van der Waals surface area contributed by atoms with Crippen LogP contribution < -0.4 is 5.32 Å². The fourth-order valence-corrected chi connectivity index (χ4v) is 1.72. The molecule has 0 bridgehead atoms. The molecule has 0 heterocycles. The van der Waals surface area contributed by atoms with Gasteiger partial charge in [-0.1, -0.05) is 12.1 Å². The molecule has 6 nitrogen and oxygen atoms in total. The molecule has 0 aliphatic heterocycles. The van der Waals surface area contributed by atoms with E-state index in [1.54, 1.807) is 0 Å². The van der Waals surface area contributed by atoms with Crippen molar-refractivity contribution in [2.75, 3.05) is 6.54 Å². The normalized spacial score (nSPS) is 13.6. The van der Waals surface area contributed by atoms with Crippen LogP contribution in [0.2, 0.25) is 0 Å². The number of phenols is 1. The number of carbonyl (C=O) groups excluding carboxylic acids is 2. The third-order valence-electron chi connectivity index (χ3n) is 2.73. The summed E-state index contributed by atoms with van der Waals surface area (Å²) >= 11 is 0. The lowest BCUT2D eigenvalue weighted by Crippen LogP contribution is -2.28. The molecule has 0 aliphatic carbocycles. The number of carbonyl (C=O) groups is 2. The van der Waals surface area contributed by atoms with Crippen molar-refractivity contribution in [1.82, 2.24) is 5.32 Å². The fourth-order valence-electron chi connectivity index (χ4n) is 1.72. The fraction of sp³-hybridized carbons (Fsp3) is 0.385. The number of aliphatic hydroxyl groups excluding tert-OH is 2. The van der Waals surface area contributed by atoms with Gasteiger partial charge in [0.2, 0.25) is 5.91 Å². The minimum Gasteiger partial charge on any atom is -0.507 e. The van der Waals surface area contributed by atoms with Crippen molar-refractivity contribution in [1.29, 1.82) is 0 Å². The minimum atomic E-state index is -1.30. The Morgan fingerprint density at radius 3 is 2.68 bits per heavy atom. The second-order valence-electron chi connectivity index (χ2n) is 4.18. The van der Waals surface area contributed by atoms with Crippen molar-refractivity contribution >= 4 is 12.2 Å². The van der Waals surface area contributed by atoms with Crippen molar-refractivity contribution in [3.8, 4) is 5.75 Å². The quantitative estimate of drug-likeness (QED) is 0.548. The third kappa shape index (κ3) is 4.04. The lowest BCUT2D eigenvalue weighted by molar-refractivity contribution is -0.119. The Hall–Kier alpha value is -1.92. The lowest BCUT2D eigenvalue weighted by Gasteiger charge is -2.19. The maximum absolute atomic E-state index is 10.9. The van der Waals surface area contributed by atoms with E-state index in [0.29, 0.717) is 6.29 Å². The molecule has 0 aliphatic rings. The van der Waals surface area contributed by atoms with E-state index in [4.69, 9.17) is 0 Å². The Bertz CT molecular complexity index is 460. The molecule has 1 aromatic rings. The van der Waals surface area contributed by atoms with E-state index in [1.807, 2.05) is 0 Å². The van der Waals surface area contributed by atoms with Crippen LogP contribution in [0.4, 0.5) is 0 Å². The first-order chi connectivity index (χ1) is 8.97. The molecule has 4 N–H and O–H groups in total. The van der Waals surface area contributed by atoms with Gasteiger partial charge in [0.25, 0.3) is 0 Å². The number of amides is 1. The molecule has 0 saturated carbocycles. The molecular formula is C13H17NO5. The van der Waals surface area contributed by atoms with E-state index in [0.717, 1.165) is 0 Å². The molecule has 0 radical (unpaired) electrons. The largest absolute Gasteiger partial charge is 0.507 e. The Balaban J connectivity index is 2.76. The van der Waals surface area contributed by atoms with Crippen LogP contribution in [0.1, 0.15) is 35.4 Å². The van der Waals surface area contributed by atoms with E-state index in [-0.39, 0.29) is 35.7 Å². The van der Waals surface area contributed by atoms with Gasteiger partial charge in [-0.05, 0) is 18.1 Å². The summed E-state index contributed by atoms with van der Waals surface area (Å²) in [6.45, 7) is 1.56. The van der Waals surface area contributed by atoms with Crippen LogP contribution in [0.3, 0.4) is 0 Å². The maximum Gasteiger partial charge on any atom is 0.216 e. The van der Waals surface area contributed by atoms with Gasteiger partial charge in [0, 0.05) is 13.5 Å². The van der Waals surface area contributed by atoms with Crippen molar-refractivity contribution in [3.05, 3.63) is 29.3 Å². The topological polar surface area (TPSA) is 107 Å². The minimum absolute atomic E-state index is 0.0476. The number of benzene rings is 1. The molecule has 1 aromatic carbocycles. The molecule has 104 valence electrons. The summed E-state index contributed by atoms with van der Waals surface area (Å²) < 4.78 is 0. The van der Waals surface area contributed by atoms with E-state index in [1.165, 1.54) is 25.1 Å². The van der Waals surface area contributed by atoms with Crippen LogP contribution >= 0.6 is 0 Å². The summed E-state index contributed by atoms with van der Waals surface area (Å²) in [6.07, 6.45) is -1.89. The first-order valence-corrected chi connectivity index (χ1v) is 5.85. The number of hydrogen-bond acceptors (Lipinski definition) is 5. The highest BCUT2D eigenvalue weighted by Gasteiger charge is 2.22. The van der Waals surface area contributed by atoms with Crippen LogP contribution in [0.5, 0.6) is 5.75 Å². The highest BCUT2D eigenvalue weighted by molar-refractivity contribution is 5.81. The molecular weight excluding hydrogens is 250 g/mol. The van der Waals surface area contributed by atoms with Gasteiger partial charge >= 0.3 is 0 Å². The van der Waals surface area contributed by atoms with Crippen LogP contribution in [0.15, 0.2) is 18.2 Å². The lowest BCUT2D eigenvalue weighted by atomic mass is 9.97. The van der Waals surface area contributed by atoms with Gasteiger partial charge in [0.1, 0.15) is 11.9 Å². The smallest absolute Gasteiger partial charge is 0.216 e. The average molecular weight is 267 g/mol. The second-order valence-corrected chi connectivity index (χ2v) is 4.18. The first kappa shape index (κ1) is 15.1. The van der Waals surface area contributed by atoms with Gasteiger partial charge in [0.05, 0.1) is 11.7 Å². The van der Waals surface area contributed by atoms with E-state index in [9.17, 15) is 24.9 Å². The summed E-state index contributed by atoms with van der Waals surface area (Å²) in [6, 6.07) is 4.25. The molecule has 6 heteroatoms. The SMILES string of the molecule is CC(=O)NCCC(O)C(O)c1cccc(O)c1C=O.